The molecule has 0 unspecified atom stereocenters. The molecule has 0 saturated carbocycles. The highest BCUT2D eigenvalue weighted by Gasteiger charge is 2.21. The zero-order valence-corrected chi connectivity index (χ0v) is 8.80. The van der Waals surface area contributed by atoms with Gasteiger partial charge in [0.2, 0.25) is 0 Å². The van der Waals surface area contributed by atoms with Gasteiger partial charge in [0.25, 0.3) is 0 Å². The van der Waals surface area contributed by atoms with Crippen molar-refractivity contribution in [1.29, 1.82) is 0 Å². The summed E-state index contributed by atoms with van der Waals surface area (Å²) >= 11 is 0. The first-order valence-corrected chi connectivity index (χ1v) is 5.17. The maximum absolute atomic E-state index is 11.7. The minimum Gasteiger partial charge on any atom is -0.294 e. The van der Waals surface area contributed by atoms with E-state index in [-0.39, 0.29) is 11.6 Å². The van der Waals surface area contributed by atoms with Crippen LogP contribution in [0.25, 0.3) is 0 Å². The molecule has 0 spiro atoms. The molecule has 0 radical (unpaired) electrons. The van der Waals surface area contributed by atoms with Gasteiger partial charge >= 0.3 is 0 Å². The molecule has 14 heavy (non-hydrogen) atoms. The summed E-state index contributed by atoms with van der Waals surface area (Å²) in [6, 6.07) is 0. The van der Waals surface area contributed by atoms with E-state index in [0.717, 1.165) is 24.8 Å². The lowest BCUT2D eigenvalue weighted by Gasteiger charge is -2.11. The molecule has 0 atom stereocenters. The van der Waals surface area contributed by atoms with Crippen LogP contribution in [0, 0.1) is 0 Å². The SMILES string of the molecule is CCCC(=O)C1=CCC=C(CC)C1=O. The van der Waals surface area contributed by atoms with Crippen molar-refractivity contribution in [2.45, 2.75) is 39.5 Å². The zero-order valence-electron chi connectivity index (χ0n) is 8.80. The summed E-state index contributed by atoms with van der Waals surface area (Å²) < 4.78 is 0. The lowest BCUT2D eigenvalue weighted by molar-refractivity contribution is -0.120. The van der Waals surface area contributed by atoms with E-state index in [1.807, 2.05) is 19.9 Å². The third-order valence-corrected chi connectivity index (χ3v) is 2.38. The summed E-state index contributed by atoms with van der Waals surface area (Å²) in [5.74, 6) is -0.0613. The number of ketones is 2. The van der Waals surface area contributed by atoms with E-state index < -0.39 is 0 Å². The van der Waals surface area contributed by atoms with E-state index in [0.29, 0.717) is 12.0 Å². The van der Waals surface area contributed by atoms with Crippen molar-refractivity contribution in [1.82, 2.24) is 0 Å². The molecular weight excluding hydrogens is 176 g/mol. The highest BCUT2D eigenvalue weighted by molar-refractivity contribution is 6.26. The molecule has 0 fully saturated rings. The molecule has 0 heterocycles. The molecule has 1 aliphatic rings. The average Bonchev–Trinajstić information content (AvgIpc) is 2.18. The smallest absolute Gasteiger partial charge is 0.191 e. The molecule has 0 aromatic rings. The molecule has 0 N–H and O–H groups in total. The number of allylic oxidation sites excluding steroid dienone is 4. The summed E-state index contributed by atoms with van der Waals surface area (Å²) in [7, 11) is 0. The largest absolute Gasteiger partial charge is 0.294 e. The Morgan fingerprint density at radius 2 is 2.07 bits per heavy atom. The maximum Gasteiger partial charge on any atom is 0.191 e. The summed E-state index contributed by atoms with van der Waals surface area (Å²) in [5, 5.41) is 0. The van der Waals surface area contributed by atoms with E-state index in [1.54, 1.807) is 6.08 Å². The Kier molecular flexibility index (Phi) is 3.81. The first-order valence-electron chi connectivity index (χ1n) is 5.17. The van der Waals surface area contributed by atoms with E-state index in [1.165, 1.54) is 0 Å². The molecule has 1 rings (SSSR count). The lowest BCUT2D eigenvalue weighted by atomic mass is 9.91. The molecule has 1 aliphatic carbocycles. The predicted octanol–water partition coefficient (Wildman–Crippen LogP) is 2.59. The fourth-order valence-electron chi connectivity index (χ4n) is 1.58. The zero-order chi connectivity index (χ0) is 10.6. The van der Waals surface area contributed by atoms with Crippen molar-refractivity contribution in [3.63, 3.8) is 0 Å². The van der Waals surface area contributed by atoms with Gasteiger partial charge < -0.3 is 0 Å². The van der Waals surface area contributed by atoms with Crippen molar-refractivity contribution in [3.8, 4) is 0 Å². The maximum atomic E-state index is 11.7. The third kappa shape index (κ3) is 2.19. The Balaban J connectivity index is 2.77. The summed E-state index contributed by atoms with van der Waals surface area (Å²) in [6.45, 7) is 3.89. The molecule has 2 heteroatoms. The molecular formula is C12H16O2. The van der Waals surface area contributed by atoms with Crippen LogP contribution in [0.3, 0.4) is 0 Å². The van der Waals surface area contributed by atoms with Crippen molar-refractivity contribution >= 4 is 11.6 Å². The van der Waals surface area contributed by atoms with Crippen LogP contribution in [0.15, 0.2) is 23.3 Å². The van der Waals surface area contributed by atoms with Gasteiger partial charge in [0.05, 0.1) is 5.57 Å². The Labute approximate surface area is 84.7 Å². The van der Waals surface area contributed by atoms with E-state index in [2.05, 4.69) is 0 Å². The van der Waals surface area contributed by atoms with Gasteiger partial charge in [-0.3, -0.25) is 9.59 Å². The van der Waals surface area contributed by atoms with Gasteiger partial charge in [-0.15, -0.1) is 0 Å². The molecule has 0 saturated heterocycles. The van der Waals surface area contributed by atoms with Crippen LogP contribution in [-0.2, 0) is 9.59 Å². The Hall–Kier alpha value is -1.18. The first kappa shape index (κ1) is 10.9. The van der Waals surface area contributed by atoms with Crippen molar-refractivity contribution in [3.05, 3.63) is 23.3 Å². The van der Waals surface area contributed by atoms with Gasteiger partial charge in [-0.1, -0.05) is 26.0 Å². The van der Waals surface area contributed by atoms with Gasteiger partial charge in [0.1, 0.15) is 0 Å². The number of carbonyl (C=O) groups is 2. The fraction of sp³-hybridized carbons (Fsp3) is 0.500. The van der Waals surface area contributed by atoms with Gasteiger partial charge in [0.15, 0.2) is 11.6 Å². The van der Waals surface area contributed by atoms with Crippen molar-refractivity contribution in [2.75, 3.05) is 0 Å². The topological polar surface area (TPSA) is 34.1 Å². The number of carbonyl (C=O) groups excluding carboxylic acids is 2. The van der Waals surface area contributed by atoms with E-state index >= 15 is 0 Å². The Morgan fingerprint density at radius 3 is 2.64 bits per heavy atom. The van der Waals surface area contributed by atoms with Gasteiger partial charge in [-0.2, -0.15) is 0 Å². The van der Waals surface area contributed by atoms with Crippen LogP contribution in [0.1, 0.15) is 39.5 Å². The molecule has 0 amide bonds. The minimum atomic E-state index is -0.0581. The van der Waals surface area contributed by atoms with Crippen LogP contribution >= 0.6 is 0 Å². The minimum absolute atomic E-state index is 0.00319. The van der Waals surface area contributed by atoms with Crippen LogP contribution < -0.4 is 0 Å². The van der Waals surface area contributed by atoms with Crippen LogP contribution in [0.2, 0.25) is 0 Å². The van der Waals surface area contributed by atoms with Crippen molar-refractivity contribution in [2.24, 2.45) is 0 Å². The third-order valence-electron chi connectivity index (χ3n) is 2.38. The molecule has 0 aliphatic heterocycles. The molecule has 2 nitrogen and oxygen atoms in total. The molecule has 76 valence electrons. The highest BCUT2D eigenvalue weighted by Crippen LogP contribution is 2.19. The average molecular weight is 192 g/mol. The Morgan fingerprint density at radius 1 is 1.36 bits per heavy atom. The first-order chi connectivity index (χ1) is 6.70. The van der Waals surface area contributed by atoms with E-state index in [9.17, 15) is 9.59 Å². The number of hydrogen-bond acceptors (Lipinski definition) is 2. The number of rotatable bonds is 4. The second-order valence-electron chi connectivity index (χ2n) is 3.44. The lowest BCUT2D eigenvalue weighted by Crippen LogP contribution is -2.17. The summed E-state index contributed by atoms with van der Waals surface area (Å²) in [6.07, 6.45) is 6.38. The molecule has 0 bridgehead atoms. The molecule has 0 aromatic heterocycles. The second kappa shape index (κ2) is 4.89. The highest BCUT2D eigenvalue weighted by atomic mass is 16.1. The van der Waals surface area contributed by atoms with Crippen LogP contribution in [0.5, 0.6) is 0 Å². The fourth-order valence-corrected chi connectivity index (χ4v) is 1.58. The van der Waals surface area contributed by atoms with Crippen LogP contribution in [-0.4, -0.2) is 11.6 Å². The summed E-state index contributed by atoms with van der Waals surface area (Å²) in [4.78, 5) is 23.3. The van der Waals surface area contributed by atoms with Gasteiger partial charge in [-0.25, -0.2) is 0 Å². The monoisotopic (exact) mass is 192 g/mol. The number of Topliss-reactive ketones (excluding diaryl/α,β-unsaturated/α-hetero) is 2. The van der Waals surface area contributed by atoms with Crippen LogP contribution in [0.4, 0.5) is 0 Å². The standard InChI is InChI=1S/C12H16O2/c1-3-6-11(13)10-8-5-7-9(4-2)12(10)14/h7-8H,3-6H2,1-2H3. The Bertz CT molecular complexity index is 308. The predicted molar refractivity (Wildman–Crippen MR) is 56.0 cm³/mol. The molecule has 0 aromatic carbocycles. The van der Waals surface area contributed by atoms with E-state index in [4.69, 9.17) is 0 Å². The normalized spacial score (nSPS) is 16.3. The second-order valence-corrected chi connectivity index (χ2v) is 3.44. The van der Waals surface area contributed by atoms with Gasteiger partial charge in [0, 0.05) is 6.42 Å². The number of hydrogen-bond donors (Lipinski definition) is 0. The van der Waals surface area contributed by atoms with Crippen molar-refractivity contribution < 1.29 is 9.59 Å². The summed E-state index contributed by atoms with van der Waals surface area (Å²) in [5.41, 5.74) is 1.19. The quantitative estimate of drug-likeness (QED) is 0.641. The van der Waals surface area contributed by atoms with Gasteiger partial charge in [-0.05, 0) is 24.8 Å².